The van der Waals surface area contributed by atoms with E-state index in [1.165, 1.54) is 15.8 Å². The number of sulfonamides is 1. The first-order chi connectivity index (χ1) is 9.92. The zero-order valence-corrected chi connectivity index (χ0v) is 13.5. The number of piperidine rings is 1. The number of rotatable bonds is 4. The van der Waals surface area contributed by atoms with Crippen LogP contribution in [-0.2, 0) is 10.0 Å². The Kier molecular flexibility index (Phi) is 5.43. The standard InChI is InChI=1S/C15H20ClNO3S/c1-12(18)15-8-4-5-10-17(15)21(19,20)11-9-13-6-2-3-7-14(13)16/h2-3,6-7,9,11-12,15,18H,4-5,8,10H2,1H3/b11-9+. The molecule has 21 heavy (non-hydrogen) atoms. The fourth-order valence-corrected chi connectivity index (χ4v) is 4.29. The summed E-state index contributed by atoms with van der Waals surface area (Å²) >= 11 is 6.02. The highest BCUT2D eigenvalue weighted by Gasteiger charge is 2.33. The molecule has 0 spiro atoms. The van der Waals surface area contributed by atoms with Crippen molar-refractivity contribution in [1.29, 1.82) is 0 Å². The lowest BCUT2D eigenvalue weighted by Crippen LogP contribution is -2.48. The van der Waals surface area contributed by atoms with Gasteiger partial charge in [0.25, 0.3) is 0 Å². The molecular formula is C15H20ClNO3S. The molecule has 6 heteroatoms. The van der Waals surface area contributed by atoms with E-state index in [2.05, 4.69) is 0 Å². The predicted octanol–water partition coefficient (Wildman–Crippen LogP) is 2.88. The van der Waals surface area contributed by atoms with Gasteiger partial charge < -0.3 is 5.11 Å². The molecule has 1 aliphatic rings. The summed E-state index contributed by atoms with van der Waals surface area (Å²) in [6.45, 7) is 2.08. The highest BCUT2D eigenvalue weighted by Crippen LogP contribution is 2.25. The molecule has 0 amide bonds. The summed E-state index contributed by atoms with van der Waals surface area (Å²) < 4.78 is 26.3. The van der Waals surface area contributed by atoms with Gasteiger partial charge in [0, 0.05) is 17.0 Å². The highest BCUT2D eigenvalue weighted by atomic mass is 35.5. The SMILES string of the molecule is CC(O)C1CCCCN1S(=O)(=O)/C=C/c1ccccc1Cl. The Morgan fingerprint density at radius 1 is 1.38 bits per heavy atom. The largest absolute Gasteiger partial charge is 0.392 e. The smallest absolute Gasteiger partial charge is 0.236 e. The average Bonchev–Trinajstić information content (AvgIpc) is 2.46. The number of nitrogens with zero attached hydrogens (tertiary/aromatic N) is 1. The number of benzene rings is 1. The Bertz CT molecular complexity index is 613. The first-order valence-electron chi connectivity index (χ1n) is 7.04. The van der Waals surface area contributed by atoms with E-state index in [1.54, 1.807) is 31.2 Å². The summed E-state index contributed by atoms with van der Waals surface area (Å²) in [5, 5.41) is 11.5. The first kappa shape index (κ1) is 16.5. The lowest BCUT2D eigenvalue weighted by atomic mass is 10.0. The van der Waals surface area contributed by atoms with Gasteiger partial charge in [0.1, 0.15) is 0 Å². The Balaban J connectivity index is 2.23. The van der Waals surface area contributed by atoms with Crippen LogP contribution in [0.25, 0.3) is 6.08 Å². The Morgan fingerprint density at radius 2 is 2.10 bits per heavy atom. The van der Waals surface area contributed by atoms with Crippen LogP contribution in [0.2, 0.25) is 5.02 Å². The zero-order chi connectivity index (χ0) is 15.5. The maximum atomic E-state index is 12.5. The van der Waals surface area contributed by atoms with E-state index in [1.807, 2.05) is 0 Å². The van der Waals surface area contributed by atoms with Gasteiger partial charge in [0.15, 0.2) is 0 Å². The van der Waals surface area contributed by atoms with Crippen molar-refractivity contribution < 1.29 is 13.5 Å². The maximum absolute atomic E-state index is 12.5. The van der Waals surface area contributed by atoms with E-state index in [4.69, 9.17) is 11.6 Å². The third-order valence-electron chi connectivity index (χ3n) is 3.71. The topological polar surface area (TPSA) is 57.6 Å². The monoisotopic (exact) mass is 329 g/mol. The predicted molar refractivity (Wildman–Crippen MR) is 85.4 cm³/mol. The Morgan fingerprint density at radius 3 is 2.76 bits per heavy atom. The van der Waals surface area contributed by atoms with Crippen LogP contribution in [0.3, 0.4) is 0 Å². The van der Waals surface area contributed by atoms with Gasteiger partial charge >= 0.3 is 0 Å². The molecule has 1 aromatic rings. The second-order valence-corrected chi connectivity index (χ2v) is 7.46. The van der Waals surface area contributed by atoms with Gasteiger partial charge in [-0.3, -0.25) is 0 Å². The molecular weight excluding hydrogens is 310 g/mol. The molecule has 1 fully saturated rings. The summed E-state index contributed by atoms with van der Waals surface area (Å²) in [7, 11) is -3.56. The third kappa shape index (κ3) is 4.07. The number of hydrogen-bond acceptors (Lipinski definition) is 3. The molecule has 0 aliphatic carbocycles. The molecule has 1 saturated heterocycles. The minimum absolute atomic E-state index is 0.348. The van der Waals surface area contributed by atoms with E-state index < -0.39 is 16.1 Å². The molecule has 0 bridgehead atoms. The van der Waals surface area contributed by atoms with E-state index >= 15 is 0 Å². The third-order valence-corrected chi connectivity index (χ3v) is 5.64. The number of aliphatic hydroxyl groups is 1. The van der Waals surface area contributed by atoms with Gasteiger partial charge in [-0.2, -0.15) is 4.31 Å². The minimum Gasteiger partial charge on any atom is -0.392 e. The second-order valence-electron chi connectivity index (χ2n) is 5.28. The van der Waals surface area contributed by atoms with E-state index in [9.17, 15) is 13.5 Å². The van der Waals surface area contributed by atoms with Crippen molar-refractivity contribution in [3.63, 3.8) is 0 Å². The van der Waals surface area contributed by atoms with E-state index in [0.29, 0.717) is 23.6 Å². The molecule has 0 saturated carbocycles. The Hall–Kier alpha value is -0.880. The van der Waals surface area contributed by atoms with Gasteiger partial charge in [-0.25, -0.2) is 8.42 Å². The lowest BCUT2D eigenvalue weighted by Gasteiger charge is -2.35. The van der Waals surface area contributed by atoms with Crippen molar-refractivity contribution in [1.82, 2.24) is 4.31 Å². The normalized spacial score (nSPS) is 22.5. The van der Waals surface area contributed by atoms with Crippen molar-refractivity contribution in [2.45, 2.75) is 38.3 Å². The average molecular weight is 330 g/mol. The van der Waals surface area contributed by atoms with Gasteiger partial charge in [0.2, 0.25) is 10.0 Å². The van der Waals surface area contributed by atoms with Crippen LogP contribution in [0.4, 0.5) is 0 Å². The fraction of sp³-hybridized carbons (Fsp3) is 0.467. The quantitative estimate of drug-likeness (QED) is 0.924. The van der Waals surface area contributed by atoms with E-state index in [0.717, 1.165) is 12.8 Å². The van der Waals surface area contributed by atoms with Crippen LogP contribution in [0, 0.1) is 0 Å². The van der Waals surface area contributed by atoms with Crippen molar-refractivity contribution in [2.24, 2.45) is 0 Å². The first-order valence-corrected chi connectivity index (χ1v) is 8.92. The van der Waals surface area contributed by atoms with Crippen LogP contribution in [0.1, 0.15) is 31.7 Å². The van der Waals surface area contributed by atoms with Crippen molar-refractivity contribution >= 4 is 27.7 Å². The lowest BCUT2D eigenvalue weighted by molar-refractivity contribution is 0.0838. The molecule has 116 valence electrons. The van der Waals surface area contributed by atoms with Crippen molar-refractivity contribution in [2.75, 3.05) is 6.54 Å². The molecule has 2 atom stereocenters. The second kappa shape index (κ2) is 6.92. The summed E-state index contributed by atoms with van der Waals surface area (Å²) in [5.74, 6) is 0. The van der Waals surface area contributed by atoms with Crippen LogP contribution < -0.4 is 0 Å². The van der Waals surface area contributed by atoms with Gasteiger partial charge in [-0.1, -0.05) is 36.2 Å². The highest BCUT2D eigenvalue weighted by molar-refractivity contribution is 7.92. The minimum atomic E-state index is -3.56. The van der Waals surface area contributed by atoms with Crippen molar-refractivity contribution in [3.8, 4) is 0 Å². The molecule has 1 aliphatic heterocycles. The maximum Gasteiger partial charge on any atom is 0.236 e. The summed E-state index contributed by atoms with van der Waals surface area (Å²) in [5.41, 5.74) is 0.661. The van der Waals surface area contributed by atoms with Crippen molar-refractivity contribution in [3.05, 3.63) is 40.3 Å². The number of halogens is 1. The van der Waals surface area contributed by atoms with Gasteiger partial charge in [0.05, 0.1) is 12.1 Å². The molecule has 4 nitrogen and oxygen atoms in total. The molecule has 1 aromatic carbocycles. The van der Waals surface area contributed by atoms with Gasteiger partial charge in [-0.15, -0.1) is 0 Å². The van der Waals surface area contributed by atoms with Crippen LogP contribution in [-0.4, -0.2) is 36.5 Å². The van der Waals surface area contributed by atoms with Crippen LogP contribution in [0.15, 0.2) is 29.7 Å². The Labute approximate surface area is 131 Å². The van der Waals surface area contributed by atoms with Crippen LogP contribution in [0.5, 0.6) is 0 Å². The molecule has 0 radical (unpaired) electrons. The molecule has 2 rings (SSSR count). The number of aliphatic hydroxyl groups excluding tert-OH is 1. The zero-order valence-electron chi connectivity index (χ0n) is 11.9. The molecule has 1 N–H and O–H groups in total. The summed E-state index contributed by atoms with van der Waals surface area (Å²) in [4.78, 5) is 0. The fourth-order valence-electron chi connectivity index (χ4n) is 2.58. The molecule has 1 heterocycles. The summed E-state index contributed by atoms with van der Waals surface area (Å²) in [6.07, 6.45) is 3.29. The van der Waals surface area contributed by atoms with Crippen LogP contribution >= 0.6 is 11.6 Å². The molecule has 2 unspecified atom stereocenters. The van der Waals surface area contributed by atoms with Gasteiger partial charge in [-0.05, 0) is 37.5 Å². The number of hydrogen-bond donors (Lipinski definition) is 1. The van der Waals surface area contributed by atoms with E-state index in [-0.39, 0.29) is 6.04 Å². The molecule has 0 aromatic heterocycles. The summed E-state index contributed by atoms with van der Waals surface area (Å²) in [6, 6.07) is 6.73.